The highest BCUT2D eigenvalue weighted by Gasteiger charge is 2.35. The maximum Gasteiger partial charge on any atom is 0.421 e. The summed E-state index contributed by atoms with van der Waals surface area (Å²) < 4.78 is 40.5. The molecule has 3 rings (SSSR count). The molecule has 0 unspecified atom stereocenters. The van der Waals surface area contributed by atoms with E-state index < -0.39 is 11.7 Å². The van der Waals surface area contributed by atoms with Crippen molar-refractivity contribution in [2.75, 3.05) is 10.6 Å². The largest absolute Gasteiger partial charge is 0.421 e. The number of rotatable bonds is 5. The number of alkyl halides is 3. The summed E-state index contributed by atoms with van der Waals surface area (Å²) in [6.07, 6.45) is -3.09. The van der Waals surface area contributed by atoms with Crippen molar-refractivity contribution in [3.63, 3.8) is 0 Å². The zero-order valence-electron chi connectivity index (χ0n) is 17.4. The molecule has 0 aliphatic heterocycles. The van der Waals surface area contributed by atoms with Crippen LogP contribution < -0.4 is 10.6 Å². The number of nitrogens with one attached hydrogen (secondary N) is 2. The van der Waals surface area contributed by atoms with Crippen molar-refractivity contribution in [1.29, 1.82) is 0 Å². The Morgan fingerprint density at radius 3 is 2.17 bits per heavy atom. The second-order valence-electron chi connectivity index (χ2n) is 8.04. The van der Waals surface area contributed by atoms with Gasteiger partial charge in [-0.15, -0.1) is 0 Å². The molecule has 158 valence electrons. The van der Waals surface area contributed by atoms with Gasteiger partial charge in [-0.25, -0.2) is 4.98 Å². The molecule has 0 bridgehead atoms. The number of para-hydroxylation sites is 1. The van der Waals surface area contributed by atoms with Crippen LogP contribution in [0.4, 0.5) is 36.3 Å². The van der Waals surface area contributed by atoms with E-state index >= 15 is 0 Å². The molecule has 7 heteroatoms. The van der Waals surface area contributed by atoms with Gasteiger partial charge in [0.2, 0.25) is 5.95 Å². The molecular weight excluding hydrogens is 389 g/mol. The van der Waals surface area contributed by atoms with Crippen LogP contribution >= 0.6 is 0 Å². The number of halogens is 3. The Balaban J connectivity index is 1.93. The van der Waals surface area contributed by atoms with Crippen molar-refractivity contribution in [2.24, 2.45) is 0 Å². The van der Waals surface area contributed by atoms with Crippen LogP contribution in [0, 0.1) is 0 Å². The summed E-state index contributed by atoms with van der Waals surface area (Å²) in [5, 5.41) is 5.83. The fourth-order valence-corrected chi connectivity index (χ4v) is 3.01. The van der Waals surface area contributed by atoms with E-state index in [0.717, 1.165) is 17.3 Å². The van der Waals surface area contributed by atoms with E-state index in [-0.39, 0.29) is 17.2 Å². The number of hydrogen-bond donors (Lipinski definition) is 2. The first kappa shape index (κ1) is 21.6. The number of aryl methyl sites for hydroxylation is 1. The van der Waals surface area contributed by atoms with E-state index in [1.807, 2.05) is 43.3 Å². The molecule has 30 heavy (non-hydrogen) atoms. The van der Waals surface area contributed by atoms with Gasteiger partial charge >= 0.3 is 6.18 Å². The van der Waals surface area contributed by atoms with Gasteiger partial charge in [-0.1, -0.05) is 58.0 Å². The van der Waals surface area contributed by atoms with Crippen molar-refractivity contribution < 1.29 is 13.2 Å². The van der Waals surface area contributed by atoms with Gasteiger partial charge in [0, 0.05) is 17.6 Å². The standard InChI is InChI=1S/C23H25F3N4/c1-5-15-8-6-7-9-19(15)29-20-18(23(24,25)26)14-27-21(30-20)28-17-12-10-16(11-13-17)22(2,3)4/h6-14H,5H2,1-4H3,(H2,27,28,29,30). The molecule has 4 nitrogen and oxygen atoms in total. The van der Waals surface area contributed by atoms with Gasteiger partial charge in [0.05, 0.1) is 0 Å². The number of benzene rings is 2. The van der Waals surface area contributed by atoms with Gasteiger partial charge in [-0.3, -0.25) is 0 Å². The van der Waals surface area contributed by atoms with Crippen LogP contribution in [-0.2, 0) is 18.0 Å². The van der Waals surface area contributed by atoms with E-state index in [1.165, 1.54) is 0 Å². The molecule has 0 saturated heterocycles. The Kier molecular flexibility index (Phi) is 6.01. The SMILES string of the molecule is CCc1ccccc1Nc1nc(Nc2ccc(C(C)(C)C)cc2)ncc1C(F)(F)F. The first-order chi connectivity index (χ1) is 14.1. The smallest absolute Gasteiger partial charge is 0.339 e. The van der Waals surface area contributed by atoms with Gasteiger partial charge < -0.3 is 10.6 Å². The van der Waals surface area contributed by atoms with E-state index in [4.69, 9.17) is 0 Å². The fraction of sp³-hybridized carbons (Fsp3) is 0.304. The van der Waals surface area contributed by atoms with E-state index in [1.54, 1.807) is 12.1 Å². The van der Waals surface area contributed by atoms with Crippen molar-refractivity contribution >= 4 is 23.1 Å². The molecule has 0 spiro atoms. The van der Waals surface area contributed by atoms with Gasteiger partial charge in [-0.05, 0) is 41.2 Å². The minimum Gasteiger partial charge on any atom is -0.339 e. The summed E-state index contributed by atoms with van der Waals surface area (Å²) in [4.78, 5) is 8.00. The van der Waals surface area contributed by atoms with Crippen LogP contribution in [-0.4, -0.2) is 9.97 Å². The normalized spacial score (nSPS) is 12.0. The van der Waals surface area contributed by atoms with E-state index in [9.17, 15) is 13.2 Å². The lowest BCUT2D eigenvalue weighted by molar-refractivity contribution is -0.137. The topological polar surface area (TPSA) is 49.8 Å². The molecule has 1 aromatic heterocycles. The first-order valence-electron chi connectivity index (χ1n) is 9.74. The maximum atomic E-state index is 13.5. The minimum absolute atomic E-state index is 0.00709. The van der Waals surface area contributed by atoms with Crippen LogP contribution in [0.15, 0.2) is 54.7 Å². The van der Waals surface area contributed by atoms with Crippen LogP contribution in [0.25, 0.3) is 0 Å². The highest BCUT2D eigenvalue weighted by molar-refractivity contribution is 5.65. The summed E-state index contributed by atoms with van der Waals surface area (Å²) in [6, 6.07) is 14.9. The van der Waals surface area contributed by atoms with Crippen LogP contribution in [0.1, 0.15) is 44.4 Å². The highest BCUT2D eigenvalue weighted by atomic mass is 19.4. The first-order valence-corrected chi connectivity index (χ1v) is 9.74. The zero-order chi connectivity index (χ0) is 21.9. The van der Waals surface area contributed by atoms with Crippen LogP contribution in [0.5, 0.6) is 0 Å². The van der Waals surface area contributed by atoms with Crippen molar-refractivity contribution in [2.45, 2.75) is 45.7 Å². The molecule has 0 radical (unpaired) electrons. The van der Waals surface area contributed by atoms with Crippen LogP contribution in [0.3, 0.4) is 0 Å². The van der Waals surface area contributed by atoms with Crippen molar-refractivity contribution in [1.82, 2.24) is 9.97 Å². The zero-order valence-corrected chi connectivity index (χ0v) is 17.4. The summed E-state index contributed by atoms with van der Waals surface area (Å²) >= 11 is 0. The molecule has 0 atom stereocenters. The second kappa shape index (κ2) is 8.34. The molecule has 0 aliphatic carbocycles. The lowest BCUT2D eigenvalue weighted by Crippen LogP contribution is -2.13. The third-order valence-electron chi connectivity index (χ3n) is 4.75. The number of hydrogen-bond acceptors (Lipinski definition) is 4. The molecule has 1 heterocycles. The number of aromatic nitrogens is 2. The average Bonchev–Trinajstić information content (AvgIpc) is 2.67. The fourth-order valence-electron chi connectivity index (χ4n) is 3.01. The predicted octanol–water partition coefficient (Wildman–Crippen LogP) is 6.84. The predicted molar refractivity (Wildman–Crippen MR) is 115 cm³/mol. The van der Waals surface area contributed by atoms with Gasteiger partial charge in [0.1, 0.15) is 11.4 Å². The second-order valence-corrected chi connectivity index (χ2v) is 8.04. The Morgan fingerprint density at radius 2 is 1.57 bits per heavy atom. The van der Waals surface area contributed by atoms with Gasteiger partial charge in [0.25, 0.3) is 0 Å². The summed E-state index contributed by atoms with van der Waals surface area (Å²) in [5.41, 5.74) is 2.43. The molecule has 2 N–H and O–H groups in total. The lowest BCUT2D eigenvalue weighted by atomic mass is 9.87. The Labute approximate surface area is 174 Å². The quantitative estimate of drug-likeness (QED) is 0.480. The molecule has 2 aromatic carbocycles. The third kappa shape index (κ3) is 5.09. The molecule has 0 aliphatic rings. The average molecular weight is 414 g/mol. The van der Waals surface area contributed by atoms with Gasteiger partial charge in [-0.2, -0.15) is 18.2 Å². The van der Waals surface area contributed by atoms with Crippen molar-refractivity contribution in [3.8, 4) is 0 Å². The Bertz CT molecular complexity index is 1010. The molecule has 0 saturated carbocycles. The highest BCUT2D eigenvalue weighted by Crippen LogP contribution is 2.36. The number of nitrogens with zero attached hydrogens (tertiary/aromatic N) is 2. The monoisotopic (exact) mass is 414 g/mol. The third-order valence-corrected chi connectivity index (χ3v) is 4.75. The van der Waals surface area contributed by atoms with E-state index in [0.29, 0.717) is 17.8 Å². The summed E-state index contributed by atoms with van der Waals surface area (Å²) in [7, 11) is 0. The maximum absolute atomic E-state index is 13.5. The molecule has 0 fully saturated rings. The minimum atomic E-state index is -4.57. The molecular formula is C23H25F3N4. The van der Waals surface area contributed by atoms with Gasteiger partial charge in [0.15, 0.2) is 0 Å². The number of anilines is 4. The van der Waals surface area contributed by atoms with Crippen molar-refractivity contribution in [3.05, 3.63) is 71.4 Å². The molecule has 3 aromatic rings. The lowest BCUT2D eigenvalue weighted by Gasteiger charge is -2.19. The summed E-state index contributed by atoms with van der Waals surface area (Å²) in [5.74, 6) is -0.199. The van der Waals surface area contributed by atoms with Crippen LogP contribution in [0.2, 0.25) is 0 Å². The van der Waals surface area contributed by atoms with E-state index in [2.05, 4.69) is 41.4 Å². The Morgan fingerprint density at radius 1 is 0.900 bits per heavy atom. The molecule has 0 amide bonds. The summed E-state index contributed by atoms with van der Waals surface area (Å²) in [6.45, 7) is 8.28. The Hall–Kier alpha value is -3.09.